The van der Waals surface area contributed by atoms with Crippen LogP contribution in [0.4, 0.5) is 4.39 Å². The van der Waals surface area contributed by atoms with Gasteiger partial charge in [0.15, 0.2) is 6.17 Å². The molecule has 3 aromatic carbocycles. The maximum Gasteiger partial charge on any atom is 0.253 e. The van der Waals surface area contributed by atoms with Crippen molar-refractivity contribution in [2.24, 2.45) is 0 Å². The predicted octanol–water partition coefficient (Wildman–Crippen LogP) is 3.86. The molecule has 0 saturated carbocycles. The second-order valence-corrected chi connectivity index (χ2v) is 6.32. The number of carbonyl (C=O) groups is 1. The van der Waals surface area contributed by atoms with Crippen LogP contribution >= 0.6 is 0 Å². The van der Waals surface area contributed by atoms with Crippen molar-refractivity contribution in [3.63, 3.8) is 0 Å². The third-order valence-corrected chi connectivity index (χ3v) is 4.39. The smallest absolute Gasteiger partial charge is 0.253 e. The van der Waals surface area contributed by atoms with Gasteiger partial charge < -0.3 is 5.32 Å². The number of aryl methyl sites for hydroxylation is 1. The monoisotopic (exact) mass is 360 g/mol. The van der Waals surface area contributed by atoms with Gasteiger partial charge in [0, 0.05) is 5.56 Å². The fraction of sp³-hybridized carbons (Fsp3) is 0.0952. The van der Waals surface area contributed by atoms with Crippen molar-refractivity contribution >= 4 is 16.9 Å². The fourth-order valence-corrected chi connectivity index (χ4v) is 2.92. The van der Waals surface area contributed by atoms with Gasteiger partial charge >= 0.3 is 0 Å². The molecule has 0 aliphatic carbocycles. The Balaban J connectivity index is 1.75. The van der Waals surface area contributed by atoms with E-state index in [4.69, 9.17) is 0 Å². The molecule has 4 aromatic rings. The minimum absolute atomic E-state index is 0.319. The highest BCUT2D eigenvalue weighted by Gasteiger charge is 2.21. The summed E-state index contributed by atoms with van der Waals surface area (Å²) in [7, 11) is 0. The molecule has 27 heavy (non-hydrogen) atoms. The number of nitrogens with zero attached hydrogens (tertiary/aromatic N) is 3. The lowest BCUT2D eigenvalue weighted by Gasteiger charge is -2.20. The molecule has 0 spiro atoms. The number of rotatable bonds is 4. The van der Waals surface area contributed by atoms with Gasteiger partial charge in [0.25, 0.3) is 5.91 Å². The first-order valence-electron chi connectivity index (χ1n) is 8.55. The van der Waals surface area contributed by atoms with Gasteiger partial charge in [0.05, 0.1) is 5.52 Å². The molecule has 0 aliphatic rings. The summed E-state index contributed by atoms with van der Waals surface area (Å²) < 4.78 is 14.8. The first-order chi connectivity index (χ1) is 13.1. The lowest BCUT2D eigenvalue weighted by atomic mass is 10.1. The summed E-state index contributed by atoms with van der Waals surface area (Å²) in [6, 6.07) is 20.8. The van der Waals surface area contributed by atoms with Gasteiger partial charge in [0.1, 0.15) is 11.3 Å². The van der Waals surface area contributed by atoms with Crippen LogP contribution in [0.2, 0.25) is 0 Å². The van der Waals surface area contributed by atoms with Gasteiger partial charge in [-0.3, -0.25) is 4.79 Å². The second-order valence-electron chi connectivity index (χ2n) is 6.32. The van der Waals surface area contributed by atoms with Crippen LogP contribution < -0.4 is 5.32 Å². The summed E-state index contributed by atoms with van der Waals surface area (Å²) in [6.07, 6.45) is -0.546. The molecule has 0 aliphatic heterocycles. The van der Waals surface area contributed by atoms with Crippen molar-refractivity contribution in [3.8, 4) is 0 Å². The number of aromatic nitrogens is 3. The summed E-state index contributed by atoms with van der Waals surface area (Å²) in [5, 5.41) is 11.4. The highest BCUT2D eigenvalue weighted by Crippen LogP contribution is 2.21. The van der Waals surface area contributed by atoms with Crippen LogP contribution in [0.15, 0.2) is 72.8 Å². The third kappa shape index (κ3) is 3.42. The molecule has 4 rings (SSSR count). The highest BCUT2D eigenvalue weighted by molar-refractivity contribution is 5.94. The van der Waals surface area contributed by atoms with E-state index in [9.17, 15) is 9.18 Å². The molecule has 1 N–H and O–H groups in total. The van der Waals surface area contributed by atoms with Crippen LogP contribution in [-0.4, -0.2) is 20.9 Å². The fourth-order valence-electron chi connectivity index (χ4n) is 2.92. The minimum atomic E-state index is -0.546. The highest BCUT2D eigenvalue weighted by atomic mass is 19.1. The number of amides is 1. The van der Waals surface area contributed by atoms with E-state index in [2.05, 4.69) is 15.6 Å². The van der Waals surface area contributed by atoms with Crippen LogP contribution in [0.5, 0.6) is 0 Å². The normalized spacial score (nSPS) is 12.1. The standard InChI is InChI=1S/C21H17FN4O/c1-14-6-8-15(9-7-14)20(23-21(27)16-10-12-17(22)13-11-16)26-19-5-3-2-4-18(19)24-25-26/h2-13,20H,1H3,(H,23,27)/t20-/m1/s1. The molecule has 5 nitrogen and oxygen atoms in total. The number of hydrogen-bond donors (Lipinski definition) is 1. The molecule has 1 atom stereocenters. The van der Waals surface area contributed by atoms with E-state index in [1.165, 1.54) is 24.3 Å². The van der Waals surface area contributed by atoms with Crippen molar-refractivity contribution in [3.05, 3.63) is 95.3 Å². The Labute approximate surface area is 155 Å². The van der Waals surface area contributed by atoms with Crippen molar-refractivity contribution < 1.29 is 9.18 Å². The molecule has 6 heteroatoms. The van der Waals surface area contributed by atoms with Crippen LogP contribution in [0.25, 0.3) is 11.0 Å². The Bertz CT molecular complexity index is 1090. The van der Waals surface area contributed by atoms with Gasteiger partial charge in [-0.05, 0) is 48.9 Å². The van der Waals surface area contributed by atoms with Gasteiger partial charge in [-0.25, -0.2) is 9.07 Å². The van der Waals surface area contributed by atoms with Crippen LogP contribution in [-0.2, 0) is 0 Å². The SMILES string of the molecule is Cc1ccc([C@H](NC(=O)c2ccc(F)cc2)n2nnc3ccccc32)cc1. The van der Waals surface area contributed by atoms with Gasteiger partial charge in [0.2, 0.25) is 0 Å². The van der Waals surface area contributed by atoms with Gasteiger partial charge in [-0.15, -0.1) is 5.10 Å². The molecular weight excluding hydrogens is 343 g/mol. The van der Waals surface area contributed by atoms with E-state index in [0.717, 1.165) is 22.2 Å². The summed E-state index contributed by atoms with van der Waals surface area (Å²) in [4.78, 5) is 12.7. The first-order valence-corrected chi connectivity index (χ1v) is 8.55. The number of halogens is 1. The van der Waals surface area contributed by atoms with E-state index < -0.39 is 6.17 Å². The second kappa shape index (κ2) is 6.99. The summed E-state index contributed by atoms with van der Waals surface area (Å²) >= 11 is 0. The molecule has 0 saturated heterocycles. The zero-order valence-corrected chi connectivity index (χ0v) is 14.6. The van der Waals surface area contributed by atoms with E-state index in [-0.39, 0.29) is 11.7 Å². The van der Waals surface area contributed by atoms with Crippen LogP contribution in [0, 0.1) is 12.7 Å². The molecule has 1 heterocycles. The van der Waals surface area contributed by atoms with Crippen LogP contribution in [0.1, 0.15) is 27.7 Å². The predicted molar refractivity (Wildman–Crippen MR) is 101 cm³/mol. The molecule has 0 fully saturated rings. The largest absolute Gasteiger partial charge is 0.326 e. The number of nitrogens with one attached hydrogen (secondary N) is 1. The average molecular weight is 360 g/mol. The lowest BCUT2D eigenvalue weighted by Crippen LogP contribution is -2.34. The zero-order chi connectivity index (χ0) is 18.8. The number of carbonyl (C=O) groups excluding carboxylic acids is 1. The van der Waals surface area contributed by atoms with E-state index >= 15 is 0 Å². The molecule has 1 amide bonds. The number of benzene rings is 3. The Hall–Kier alpha value is -3.54. The average Bonchev–Trinajstić information content (AvgIpc) is 3.11. The molecule has 0 bridgehead atoms. The zero-order valence-electron chi connectivity index (χ0n) is 14.6. The van der Waals surface area contributed by atoms with Crippen molar-refractivity contribution in [2.75, 3.05) is 0 Å². The lowest BCUT2D eigenvalue weighted by molar-refractivity contribution is 0.0927. The number of fused-ring (bicyclic) bond motifs is 1. The topological polar surface area (TPSA) is 59.8 Å². The van der Waals surface area contributed by atoms with Crippen molar-refractivity contribution in [1.82, 2.24) is 20.3 Å². The van der Waals surface area contributed by atoms with Gasteiger partial charge in [-0.1, -0.05) is 47.2 Å². The molecular formula is C21H17FN4O. The Morgan fingerprint density at radius 1 is 1.00 bits per heavy atom. The number of hydrogen-bond acceptors (Lipinski definition) is 3. The molecule has 1 aromatic heterocycles. The first kappa shape index (κ1) is 16.9. The van der Waals surface area contributed by atoms with Crippen molar-refractivity contribution in [2.45, 2.75) is 13.1 Å². The minimum Gasteiger partial charge on any atom is -0.326 e. The summed E-state index contributed by atoms with van der Waals surface area (Å²) in [5.41, 5.74) is 3.91. The third-order valence-electron chi connectivity index (χ3n) is 4.39. The van der Waals surface area contributed by atoms with Crippen molar-refractivity contribution in [1.29, 1.82) is 0 Å². The Morgan fingerprint density at radius 3 is 2.44 bits per heavy atom. The molecule has 0 unspecified atom stereocenters. The summed E-state index contributed by atoms with van der Waals surface area (Å²) in [6.45, 7) is 2.00. The van der Waals surface area contributed by atoms with E-state index in [1.807, 2.05) is 55.5 Å². The maximum absolute atomic E-state index is 13.2. The van der Waals surface area contributed by atoms with Crippen LogP contribution in [0.3, 0.4) is 0 Å². The Kier molecular flexibility index (Phi) is 4.38. The quantitative estimate of drug-likeness (QED) is 0.601. The van der Waals surface area contributed by atoms with E-state index in [1.54, 1.807) is 4.68 Å². The number of para-hydroxylation sites is 1. The molecule has 134 valence electrons. The van der Waals surface area contributed by atoms with Gasteiger partial charge in [-0.2, -0.15) is 0 Å². The van der Waals surface area contributed by atoms with E-state index in [0.29, 0.717) is 5.56 Å². The molecule has 0 radical (unpaired) electrons. The summed E-state index contributed by atoms with van der Waals surface area (Å²) in [5.74, 6) is -0.705. The Morgan fingerprint density at radius 2 is 1.70 bits per heavy atom. The maximum atomic E-state index is 13.2.